The van der Waals surface area contributed by atoms with Gasteiger partial charge in [-0.25, -0.2) is 4.99 Å². The van der Waals surface area contributed by atoms with Gasteiger partial charge >= 0.3 is 0 Å². The van der Waals surface area contributed by atoms with E-state index in [2.05, 4.69) is 27.8 Å². The Bertz CT molecular complexity index is 579. The lowest BCUT2D eigenvalue weighted by molar-refractivity contribution is 0.297. The summed E-state index contributed by atoms with van der Waals surface area (Å²) in [5, 5.41) is 15.8. The number of nitrogens with one attached hydrogen (secondary N) is 2. The van der Waals surface area contributed by atoms with Gasteiger partial charge < -0.3 is 15.2 Å². The Kier molecular flexibility index (Phi) is 8.63. The molecule has 0 amide bonds. The minimum atomic E-state index is 0. The first-order valence-corrected chi connectivity index (χ1v) is 10.1. The first kappa shape index (κ1) is 21.4. The number of aliphatic imine (C=N–C) groups is 1. The topological polar surface area (TPSA) is 67.1 Å². The fourth-order valence-electron chi connectivity index (χ4n) is 4.12. The Labute approximate surface area is 175 Å². The van der Waals surface area contributed by atoms with Gasteiger partial charge in [-0.3, -0.25) is 0 Å². The van der Waals surface area contributed by atoms with Crippen molar-refractivity contribution in [3.63, 3.8) is 0 Å². The van der Waals surface area contributed by atoms with Crippen molar-refractivity contribution in [3.8, 4) is 0 Å². The summed E-state index contributed by atoms with van der Waals surface area (Å²) >= 11 is 0. The van der Waals surface area contributed by atoms with Crippen LogP contribution in [0.4, 0.5) is 0 Å². The predicted molar refractivity (Wildman–Crippen MR) is 117 cm³/mol. The molecule has 2 N–H and O–H groups in total. The zero-order valence-electron chi connectivity index (χ0n) is 16.5. The molecule has 2 aliphatic rings. The SMILES string of the molecule is CCC1CCCC(NC(=NCc2nnc(C)n2C)NC2CCCC2)C1.I. The number of hydrogen-bond donors (Lipinski definition) is 2. The standard InChI is InChI=1S/C19H34N6.HI/c1-4-15-8-7-11-17(12-15)22-19(21-16-9-5-6-10-16)20-13-18-24-23-14(2)25(18)3;/h15-17H,4-13H2,1-3H3,(H2,20,21,22);1H. The smallest absolute Gasteiger partial charge is 0.192 e. The number of hydrogen-bond acceptors (Lipinski definition) is 3. The molecule has 2 fully saturated rings. The summed E-state index contributed by atoms with van der Waals surface area (Å²) in [5.74, 6) is 3.68. The van der Waals surface area contributed by atoms with Crippen LogP contribution in [0.3, 0.4) is 0 Å². The van der Waals surface area contributed by atoms with Crippen molar-refractivity contribution in [1.82, 2.24) is 25.4 Å². The van der Waals surface area contributed by atoms with E-state index in [1.807, 2.05) is 18.5 Å². The van der Waals surface area contributed by atoms with Crippen molar-refractivity contribution >= 4 is 29.9 Å². The van der Waals surface area contributed by atoms with E-state index >= 15 is 0 Å². The number of aryl methyl sites for hydroxylation is 1. The zero-order valence-corrected chi connectivity index (χ0v) is 18.8. The van der Waals surface area contributed by atoms with Crippen molar-refractivity contribution in [2.75, 3.05) is 0 Å². The molecule has 2 saturated carbocycles. The molecule has 1 heterocycles. The second-order valence-electron chi connectivity index (χ2n) is 7.80. The maximum Gasteiger partial charge on any atom is 0.192 e. The minimum Gasteiger partial charge on any atom is -0.354 e. The molecule has 7 heteroatoms. The van der Waals surface area contributed by atoms with Crippen LogP contribution in [0.15, 0.2) is 4.99 Å². The first-order valence-electron chi connectivity index (χ1n) is 10.1. The molecule has 26 heavy (non-hydrogen) atoms. The largest absolute Gasteiger partial charge is 0.354 e. The molecule has 6 nitrogen and oxygen atoms in total. The van der Waals surface area contributed by atoms with Crippen molar-refractivity contribution in [3.05, 3.63) is 11.6 Å². The second-order valence-corrected chi connectivity index (χ2v) is 7.80. The maximum atomic E-state index is 4.85. The molecule has 3 rings (SSSR count). The lowest BCUT2D eigenvalue weighted by atomic mass is 9.84. The van der Waals surface area contributed by atoms with Gasteiger partial charge in [0.25, 0.3) is 0 Å². The highest BCUT2D eigenvalue weighted by Gasteiger charge is 2.23. The molecule has 0 aromatic carbocycles. The quantitative estimate of drug-likeness (QED) is 0.388. The van der Waals surface area contributed by atoms with Crippen molar-refractivity contribution in [2.45, 2.75) is 90.3 Å². The van der Waals surface area contributed by atoms with Gasteiger partial charge in [0.05, 0.1) is 0 Å². The van der Waals surface area contributed by atoms with Crippen LogP contribution in [0.5, 0.6) is 0 Å². The van der Waals surface area contributed by atoms with Gasteiger partial charge in [0.2, 0.25) is 0 Å². The van der Waals surface area contributed by atoms with E-state index in [0.717, 1.165) is 23.5 Å². The van der Waals surface area contributed by atoms with Gasteiger partial charge in [0.1, 0.15) is 12.4 Å². The second kappa shape index (κ2) is 10.5. The summed E-state index contributed by atoms with van der Waals surface area (Å²) in [7, 11) is 2.00. The molecular formula is C19H35IN6. The van der Waals surface area contributed by atoms with E-state index < -0.39 is 0 Å². The summed E-state index contributed by atoms with van der Waals surface area (Å²) < 4.78 is 2.02. The Morgan fingerprint density at radius 2 is 1.77 bits per heavy atom. The molecule has 0 aliphatic heterocycles. The van der Waals surface area contributed by atoms with E-state index in [-0.39, 0.29) is 24.0 Å². The van der Waals surface area contributed by atoms with E-state index in [0.29, 0.717) is 18.6 Å². The van der Waals surface area contributed by atoms with Crippen molar-refractivity contribution < 1.29 is 0 Å². The summed E-state index contributed by atoms with van der Waals surface area (Å²) in [6.45, 7) is 4.86. The molecule has 0 saturated heterocycles. The zero-order chi connectivity index (χ0) is 17.6. The van der Waals surface area contributed by atoms with Crippen LogP contribution in [0.2, 0.25) is 0 Å². The van der Waals surface area contributed by atoms with Crippen LogP contribution >= 0.6 is 24.0 Å². The monoisotopic (exact) mass is 474 g/mol. The lowest BCUT2D eigenvalue weighted by Gasteiger charge is -2.31. The predicted octanol–water partition coefficient (Wildman–Crippen LogP) is 3.69. The van der Waals surface area contributed by atoms with E-state index in [4.69, 9.17) is 4.99 Å². The number of nitrogens with zero attached hydrogens (tertiary/aromatic N) is 4. The Morgan fingerprint density at radius 3 is 2.42 bits per heavy atom. The molecular weight excluding hydrogens is 439 g/mol. The number of halogens is 1. The highest BCUT2D eigenvalue weighted by atomic mass is 127. The van der Waals surface area contributed by atoms with Crippen molar-refractivity contribution in [1.29, 1.82) is 0 Å². The molecule has 0 spiro atoms. The Balaban J connectivity index is 0.00000243. The van der Waals surface area contributed by atoms with E-state index in [1.165, 1.54) is 57.8 Å². The molecule has 148 valence electrons. The third-order valence-electron chi connectivity index (χ3n) is 5.96. The summed E-state index contributed by atoms with van der Waals surface area (Å²) in [4.78, 5) is 4.85. The minimum absolute atomic E-state index is 0. The van der Waals surface area contributed by atoms with Gasteiger partial charge in [-0.2, -0.15) is 0 Å². The van der Waals surface area contributed by atoms with Crippen LogP contribution in [-0.4, -0.2) is 32.8 Å². The van der Waals surface area contributed by atoms with Crippen molar-refractivity contribution in [2.24, 2.45) is 18.0 Å². The molecule has 2 aliphatic carbocycles. The van der Waals surface area contributed by atoms with Crippen LogP contribution < -0.4 is 10.6 Å². The van der Waals surface area contributed by atoms with Gasteiger partial charge in [-0.15, -0.1) is 34.2 Å². The van der Waals surface area contributed by atoms with Gasteiger partial charge in [0.15, 0.2) is 11.8 Å². The first-order chi connectivity index (χ1) is 12.2. The fourth-order valence-corrected chi connectivity index (χ4v) is 4.12. The van der Waals surface area contributed by atoms with Crippen LogP contribution in [0.1, 0.15) is 76.4 Å². The van der Waals surface area contributed by atoms with E-state index in [1.54, 1.807) is 0 Å². The Morgan fingerprint density at radius 1 is 1.08 bits per heavy atom. The average molecular weight is 474 g/mol. The number of aromatic nitrogens is 3. The maximum absolute atomic E-state index is 4.85. The number of guanidine groups is 1. The normalized spacial score (nSPS) is 24.3. The number of rotatable bonds is 5. The van der Waals surface area contributed by atoms with Crippen LogP contribution in [-0.2, 0) is 13.6 Å². The molecule has 1 aromatic heterocycles. The fraction of sp³-hybridized carbons (Fsp3) is 0.842. The van der Waals surface area contributed by atoms with Gasteiger partial charge in [-0.05, 0) is 38.5 Å². The summed E-state index contributed by atoms with van der Waals surface area (Å²) in [6.07, 6.45) is 11.7. The van der Waals surface area contributed by atoms with Crippen LogP contribution in [0, 0.1) is 12.8 Å². The third kappa shape index (κ3) is 5.82. The third-order valence-corrected chi connectivity index (χ3v) is 5.96. The Hall–Kier alpha value is -0.860. The summed E-state index contributed by atoms with van der Waals surface area (Å²) in [6, 6.07) is 1.12. The molecule has 2 unspecified atom stereocenters. The molecule has 2 atom stereocenters. The average Bonchev–Trinajstić information content (AvgIpc) is 3.24. The summed E-state index contributed by atoms with van der Waals surface area (Å²) in [5.41, 5.74) is 0. The van der Waals surface area contributed by atoms with E-state index in [9.17, 15) is 0 Å². The molecule has 1 aromatic rings. The highest BCUT2D eigenvalue weighted by molar-refractivity contribution is 14.0. The molecule has 0 radical (unpaired) electrons. The van der Waals surface area contributed by atoms with Gasteiger partial charge in [0, 0.05) is 19.1 Å². The van der Waals surface area contributed by atoms with Gasteiger partial charge in [-0.1, -0.05) is 39.0 Å². The lowest BCUT2D eigenvalue weighted by Crippen LogP contribution is -2.48. The highest BCUT2D eigenvalue weighted by Crippen LogP contribution is 2.26. The molecule has 0 bridgehead atoms. The van der Waals surface area contributed by atoms with Crippen LogP contribution in [0.25, 0.3) is 0 Å².